The van der Waals surface area contributed by atoms with Crippen LogP contribution < -0.4 is 10.6 Å². The van der Waals surface area contributed by atoms with Gasteiger partial charge >= 0.3 is 12.0 Å². The van der Waals surface area contributed by atoms with Crippen molar-refractivity contribution in [2.45, 2.75) is 69.3 Å². The Bertz CT molecular complexity index is 1370. The van der Waals surface area contributed by atoms with Gasteiger partial charge in [-0.3, -0.25) is 19.6 Å². The van der Waals surface area contributed by atoms with Crippen LogP contribution in [0.5, 0.6) is 0 Å². The fourth-order valence-corrected chi connectivity index (χ4v) is 5.72. The maximum Gasteiger partial charge on any atom is 0.320 e. The van der Waals surface area contributed by atoms with Crippen LogP contribution in [0, 0.1) is 0 Å². The van der Waals surface area contributed by atoms with E-state index in [-0.39, 0.29) is 5.82 Å². The van der Waals surface area contributed by atoms with Crippen molar-refractivity contribution in [2.24, 2.45) is 0 Å². The van der Waals surface area contributed by atoms with Crippen LogP contribution in [0.3, 0.4) is 0 Å². The lowest BCUT2D eigenvalue weighted by Gasteiger charge is -2.32. The molecule has 2 amide bonds. The molecule has 3 aliphatic heterocycles. The van der Waals surface area contributed by atoms with Crippen molar-refractivity contribution in [3.8, 4) is 0 Å². The van der Waals surface area contributed by atoms with E-state index in [0.29, 0.717) is 43.5 Å². The second-order valence-electron chi connectivity index (χ2n) is 9.99. The molecule has 0 bridgehead atoms. The number of fused-ring (bicyclic) bond motifs is 2. The normalized spacial score (nSPS) is 28.9. The highest BCUT2D eigenvalue weighted by atomic mass is 16.8. The first kappa shape index (κ1) is 26.5. The lowest BCUT2D eigenvalue weighted by Crippen LogP contribution is -2.52. The number of hydrogen-bond acceptors (Lipinski definition) is 10. The number of aliphatic hydroxyl groups excluding tert-OH is 1. The lowest BCUT2D eigenvalue weighted by atomic mass is 10.1. The molecule has 40 heavy (non-hydrogen) atoms. The Hall–Kier alpha value is -3.69. The number of carboxylic acid groups (broad SMARTS) is 1. The van der Waals surface area contributed by atoms with Crippen LogP contribution >= 0.6 is 0 Å². The number of nitrogens with zero attached hydrogens (tertiary/aromatic N) is 5. The fraction of sp³-hybridized carbons (Fsp3) is 0.500. The second kappa shape index (κ2) is 11.1. The maximum atomic E-state index is 12.1. The van der Waals surface area contributed by atoms with Gasteiger partial charge in [0.2, 0.25) is 0 Å². The Labute approximate surface area is 229 Å². The van der Waals surface area contributed by atoms with E-state index in [2.05, 4.69) is 25.6 Å². The molecule has 3 aromatic rings. The number of carbonyl (C=O) groups excluding carboxylic acids is 1. The Morgan fingerprint density at radius 2 is 1.93 bits per heavy atom. The molecule has 4 N–H and O–H groups in total. The summed E-state index contributed by atoms with van der Waals surface area (Å²) < 4.78 is 20.7. The van der Waals surface area contributed by atoms with E-state index in [4.69, 9.17) is 14.2 Å². The molecule has 0 aliphatic carbocycles. The summed E-state index contributed by atoms with van der Waals surface area (Å²) in [5.74, 6) is -0.759. The Morgan fingerprint density at radius 3 is 2.70 bits per heavy atom. The molecular formula is C26H31N7O7. The largest absolute Gasteiger partial charge is 0.480 e. The average molecular weight is 554 g/mol. The van der Waals surface area contributed by atoms with Crippen molar-refractivity contribution in [1.29, 1.82) is 0 Å². The lowest BCUT2D eigenvalue weighted by molar-refractivity contribution is -0.190. The number of ether oxygens (including phenoxy) is 3. The second-order valence-corrected chi connectivity index (χ2v) is 9.99. The number of aliphatic carboxylic acids is 1. The molecular weight excluding hydrogens is 522 g/mol. The SMILES string of the molecule is CCNC(=O)Nc1ncnc2c1ncn2C1OC(C(O)N2CCCC2C(=O)O)C2OC(Cc3ccccc3)OC21. The van der Waals surface area contributed by atoms with Crippen LogP contribution in [0.2, 0.25) is 0 Å². The Kier molecular flexibility index (Phi) is 7.33. The highest BCUT2D eigenvalue weighted by molar-refractivity contribution is 5.95. The summed E-state index contributed by atoms with van der Waals surface area (Å²) in [6.45, 7) is 2.67. The quantitative estimate of drug-likeness (QED) is 0.314. The molecule has 2 aromatic heterocycles. The Balaban J connectivity index is 1.31. The number of anilines is 1. The van der Waals surface area contributed by atoms with Crippen LogP contribution in [0.15, 0.2) is 43.0 Å². The van der Waals surface area contributed by atoms with Gasteiger partial charge in [0.25, 0.3) is 0 Å². The average Bonchev–Trinajstić information content (AvgIpc) is 3.72. The number of likely N-dealkylation sites (tertiary alicyclic amines) is 1. The van der Waals surface area contributed by atoms with Crippen LogP contribution in [0.25, 0.3) is 11.2 Å². The third-order valence-electron chi connectivity index (χ3n) is 7.50. The zero-order valence-corrected chi connectivity index (χ0v) is 21.8. The molecule has 3 fully saturated rings. The summed E-state index contributed by atoms with van der Waals surface area (Å²) in [5.41, 5.74) is 1.76. The van der Waals surface area contributed by atoms with Gasteiger partial charge in [-0.05, 0) is 25.3 Å². The van der Waals surface area contributed by atoms with Gasteiger partial charge in [-0.1, -0.05) is 30.3 Å². The molecule has 6 rings (SSSR count). The molecule has 3 saturated heterocycles. The number of carboxylic acids is 1. The first-order valence-corrected chi connectivity index (χ1v) is 13.3. The monoisotopic (exact) mass is 553 g/mol. The summed E-state index contributed by atoms with van der Waals surface area (Å²) in [7, 11) is 0. The minimum Gasteiger partial charge on any atom is -0.480 e. The van der Waals surface area contributed by atoms with E-state index in [1.807, 2.05) is 30.3 Å². The predicted octanol–water partition coefficient (Wildman–Crippen LogP) is 1.09. The number of urea groups is 1. The van der Waals surface area contributed by atoms with Gasteiger partial charge in [-0.25, -0.2) is 19.7 Å². The number of benzene rings is 1. The summed E-state index contributed by atoms with van der Waals surface area (Å²) >= 11 is 0. The van der Waals surface area contributed by atoms with Crippen molar-refractivity contribution in [3.05, 3.63) is 48.5 Å². The van der Waals surface area contributed by atoms with Crippen LogP contribution in [-0.4, -0.2) is 96.6 Å². The van der Waals surface area contributed by atoms with Gasteiger partial charge in [0.15, 0.2) is 29.5 Å². The third kappa shape index (κ3) is 4.88. The summed E-state index contributed by atoms with van der Waals surface area (Å²) in [5, 5.41) is 26.4. The van der Waals surface area contributed by atoms with Crippen molar-refractivity contribution >= 4 is 29.0 Å². The third-order valence-corrected chi connectivity index (χ3v) is 7.50. The van der Waals surface area contributed by atoms with E-state index in [0.717, 1.165) is 5.56 Å². The van der Waals surface area contributed by atoms with Gasteiger partial charge in [-0.2, -0.15) is 0 Å². The number of hydrogen-bond donors (Lipinski definition) is 4. The number of aliphatic hydroxyl groups is 1. The highest BCUT2D eigenvalue weighted by Gasteiger charge is 2.57. The molecule has 0 saturated carbocycles. The molecule has 1 aromatic carbocycles. The molecule has 14 nitrogen and oxygen atoms in total. The number of rotatable bonds is 8. The van der Waals surface area contributed by atoms with Gasteiger partial charge < -0.3 is 29.7 Å². The summed E-state index contributed by atoms with van der Waals surface area (Å²) in [6, 6.07) is 8.52. The molecule has 0 spiro atoms. The molecule has 5 heterocycles. The standard InChI is InChI=1S/C26H31N7O7/c1-2-27-26(37)31-21-17-22(29-12-28-21)33(13-30-17)24-20-18(38-16(39-20)11-14-7-4-3-5-8-14)19(40-24)23(34)32-10-6-9-15(32)25(35)36/h3-5,7-8,12-13,15-16,18-20,23-24,34H,2,6,9-11H2,1H3,(H,35,36)(H2,27,28,29,31,37). The molecule has 0 radical (unpaired) electrons. The molecule has 212 valence electrons. The highest BCUT2D eigenvalue weighted by Crippen LogP contribution is 2.43. The van der Waals surface area contributed by atoms with E-state index in [1.54, 1.807) is 16.4 Å². The van der Waals surface area contributed by atoms with Crippen molar-refractivity contribution < 1.29 is 34.0 Å². The topological polar surface area (TPSA) is 173 Å². The van der Waals surface area contributed by atoms with Gasteiger partial charge in [0.1, 0.15) is 36.9 Å². The minimum absolute atomic E-state index is 0.229. The van der Waals surface area contributed by atoms with Crippen molar-refractivity contribution in [2.75, 3.05) is 18.4 Å². The zero-order valence-electron chi connectivity index (χ0n) is 21.8. The first-order chi connectivity index (χ1) is 19.4. The van der Waals surface area contributed by atoms with Crippen molar-refractivity contribution in [3.63, 3.8) is 0 Å². The summed E-state index contributed by atoms with van der Waals surface area (Å²) in [6.07, 6.45) is -0.468. The molecule has 7 atom stereocenters. The van der Waals surface area contributed by atoms with Crippen LogP contribution in [-0.2, 0) is 25.4 Å². The number of aromatic nitrogens is 4. The number of nitrogens with one attached hydrogen (secondary N) is 2. The minimum atomic E-state index is -1.24. The molecule has 14 heteroatoms. The smallest absolute Gasteiger partial charge is 0.320 e. The van der Waals surface area contributed by atoms with E-state index in [9.17, 15) is 19.8 Å². The van der Waals surface area contributed by atoms with E-state index < -0.39 is 55.1 Å². The molecule has 3 aliphatic rings. The Morgan fingerprint density at radius 1 is 1.12 bits per heavy atom. The predicted molar refractivity (Wildman–Crippen MR) is 139 cm³/mol. The van der Waals surface area contributed by atoms with E-state index in [1.165, 1.54) is 12.7 Å². The van der Waals surface area contributed by atoms with Crippen molar-refractivity contribution in [1.82, 2.24) is 29.7 Å². The maximum absolute atomic E-state index is 12.1. The number of carbonyl (C=O) groups is 2. The van der Waals surface area contributed by atoms with Gasteiger partial charge in [0, 0.05) is 19.5 Å². The van der Waals surface area contributed by atoms with Gasteiger partial charge in [0.05, 0.1) is 6.33 Å². The molecule has 7 unspecified atom stereocenters. The summed E-state index contributed by atoms with van der Waals surface area (Å²) in [4.78, 5) is 38.5. The zero-order chi connectivity index (χ0) is 27.8. The van der Waals surface area contributed by atoms with Crippen LogP contribution in [0.4, 0.5) is 10.6 Å². The number of amides is 2. The van der Waals surface area contributed by atoms with Gasteiger partial charge in [-0.15, -0.1) is 0 Å². The number of imidazole rings is 1. The van der Waals surface area contributed by atoms with E-state index >= 15 is 0 Å². The van der Waals surface area contributed by atoms with Crippen LogP contribution in [0.1, 0.15) is 31.6 Å². The first-order valence-electron chi connectivity index (χ1n) is 13.3. The fourth-order valence-electron chi connectivity index (χ4n) is 5.72.